The van der Waals surface area contributed by atoms with Crippen molar-refractivity contribution in [3.8, 4) is 0 Å². The first-order chi connectivity index (χ1) is 10.7. The molecule has 112 valence electrons. The van der Waals surface area contributed by atoms with E-state index in [1.165, 1.54) is 34.2 Å². The summed E-state index contributed by atoms with van der Waals surface area (Å²) in [6.45, 7) is 4.16. The molecule has 2 heterocycles. The number of nitrogens with zero attached hydrogens (tertiary/aromatic N) is 2. The van der Waals surface area contributed by atoms with Gasteiger partial charge < -0.3 is 5.32 Å². The fraction of sp³-hybridized carbons (Fsp3) is 0.333. The van der Waals surface area contributed by atoms with E-state index in [4.69, 9.17) is 4.98 Å². The molecule has 0 saturated carbocycles. The average molecular weight is 309 g/mol. The van der Waals surface area contributed by atoms with Crippen LogP contribution >= 0.6 is 11.3 Å². The van der Waals surface area contributed by atoms with Crippen molar-refractivity contribution in [3.63, 3.8) is 0 Å². The van der Waals surface area contributed by atoms with Crippen LogP contribution in [0.2, 0.25) is 0 Å². The average Bonchev–Trinajstić information content (AvgIpc) is 3.08. The van der Waals surface area contributed by atoms with Gasteiger partial charge in [-0.15, -0.1) is 11.3 Å². The van der Waals surface area contributed by atoms with Gasteiger partial charge in [-0.3, -0.25) is 0 Å². The molecule has 0 aliphatic heterocycles. The topological polar surface area (TPSA) is 37.8 Å². The molecule has 3 nitrogen and oxygen atoms in total. The molecule has 1 N–H and O–H groups in total. The van der Waals surface area contributed by atoms with Gasteiger partial charge >= 0.3 is 0 Å². The molecule has 0 fully saturated rings. The molecular weight excluding hydrogens is 290 g/mol. The van der Waals surface area contributed by atoms with E-state index in [9.17, 15) is 0 Å². The standard InChI is InChI=1S/C18H19N3S/c1-11(13-7-4-3-5-8-13)19-17-16-14-9-6-10-15(14)22-18(16)21-12(2)20-17/h3-5,7-8,11H,6,9-10H2,1-2H3,(H,19,20,21)/t11-/m0/s1. The molecule has 1 aromatic carbocycles. The Morgan fingerprint density at radius 1 is 1.14 bits per heavy atom. The first kappa shape index (κ1) is 13.7. The molecule has 1 aliphatic carbocycles. The van der Waals surface area contributed by atoms with Crippen LogP contribution in [-0.2, 0) is 12.8 Å². The fourth-order valence-corrected chi connectivity index (χ4v) is 4.54. The highest BCUT2D eigenvalue weighted by Crippen LogP contribution is 2.40. The van der Waals surface area contributed by atoms with Crippen LogP contribution in [0.1, 0.15) is 41.2 Å². The van der Waals surface area contributed by atoms with Gasteiger partial charge in [0, 0.05) is 10.9 Å². The van der Waals surface area contributed by atoms with Crippen molar-refractivity contribution in [2.24, 2.45) is 0 Å². The van der Waals surface area contributed by atoms with Crippen molar-refractivity contribution >= 4 is 27.4 Å². The monoisotopic (exact) mass is 309 g/mol. The maximum Gasteiger partial charge on any atom is 0.139 e. The molecular formula is C18H19N3S. The van der Waals surface area contributed by atoms with Gasteiger partial charge in [-0.05, 0) is 44.2 Å². The summed E-state index contributed by atoms with van der Waals surface area (Å²) in [6, 6.07) is 10.8. The van der Waals surface area contributed by atoms with E-state index in [1.54, 1.807) is 0 Å². The summed E-state index contributed by atoms with van der Waals surface area (Å²) in [6.07, 6.45) is 3.62. The van der Waals surface area contributed by atoms with E-state index in [2.05, 4.69) is 47.6 Å². The van der Waals surface area contributed by atoms with Crippen molar-refractivity contribution in [2.75, 3.05) is 5.32 Å². The number of anilines is 1. The first-order valence-corrected chi connectivity index (χ1v) is 8.64. The Hall–Kier alpha value is -1.94. The Balaban J connectivity index is 1.78. The molecule has 0 spiro atoms. The van der Waals surface area contributed by atoms with Crippen LogP contribution in [0.3, 0.4) is 0 Å². The van der Waals surface area contributed by atoms with Crippen molar-refractivity contribution in [1.82, 2.24) is 9.97 Å². The van der Waals surface area contributed by atoms with Crippen molar-refractivity contribution in [2.45, 2.75) is 39.2 Å². The normalized spacial score (nSPS) is 15.0. The number of benzene rings is 1. The summed E-state index contributed by atoms with van der Waals surface area (Å²) in [5.41, 5.74) is 2.75. The minimum absolute atomic E-state index is 0.232. The summed E-state index contributed by atoms with van der Waals surface area (Å²) < 4.78 is 0. The number of rotatable bonds is 3. The molecule has 0 bridgehead atoms. The number of hydrogen-bond donors (Lipinski definition) is 1. The van der Waals surface area contributed by atoms with Gasteiger partial charge in [0.05, 0.1) is 5.39 Å². The maximum atomic E-state index is 4.70. The van der Waals surface area contributed by atoms with Gasteiger partial charge in [0.25, 0.3) is 0 Å². The summed E-state index contributed by atoms with van der Waals surface area (Å²) in [7, 11) is 0. The van der Waals surface area contributed by atoms with E-state index in [-0.39, 0.29) is 6.04 Å². The molecule has 3 aromatic rings. The predicted octanol–water partition coefficient (Wildman–Crippen LogP) is 4.66. The minimum Gasteiger partial charge on any atom is -0.363 e. The minimum atomic E-state index is 0.232. The Labute approximate surface area is 134 Å². The summed E-state index contributed by atoms with van der Waals surface area (Å²) in [5, 5.41) is 4.87. The Morgan fingerprint density at radius 3 is 2.77 bits per heavy atom. The second kappa shape index (κ2) is 5.36. The quantitative estimate of drug-likeness (QED) is 0.764. The number of hydrogen-bond acceptors (Lipinski definition) is 4. The second-order valence-corrected chi connectivity index (χ2v) is 7.02. The van der Waals surface area contributed by atoms with Gasteiger partial charge in [0.15, 0.2) is 0 Å². The van der Waals surface area contributed by atoms with Crippen LogP contribution < -0.4 is 5.32 Å². The molecule has 1 aliphatic rings. The molecule has 4 heteroatoms. The molecule has 0 saturated heterocycles. The van der Waals surface area contributed by atoms with E-state index in [1.807, 2.05) is 18.3 Å². The fourth-order valence-electron chi connectivity index (χ4n) is 3.24. The Kier molecular flexibility index (Phi) is 3.34. The van der Waals surface area contributed by atoms with Crippen LogP contribution in [0.4, 0.5) is 5.82 Å². The lowest BCUT2D eigenvalue weighted by Crippen LogP contribution is -2.09. The Bertz CT molecular complexity index is 823. The third-order valence-electron chi connectivity index (χ3n) is 4.33. The number of fused-ring (bicyclic) bond motifs is 3. The lowest BCUT2D eigenvalue weighted by molar-refractivity contribution is 0.871. The molecule has 0 amide bonds. The highest BCUT2D eigenvalue weighted by molar-refractivity contribution is 7.19. The number of thiophene rings is 1. The molecule has 2 aromatic heterocycles. The number of aryl methyl sites for hydroxylation is 3. The second-order valence-electron chi connectivity index (χ2n) is 5.93. The van der Waals surface area contributed by atoms with Gasteiger partial charge in [-0.25, -0.2) is 9.97 Å². The molecule has 1 atom stereocenters. The zero-order valence-electron chi connectivity index (χ0n) is 12.9. The van der Waals surface area contributed by atoms with E-state index >= 15 is 0 Å². The highest BCUT2D eigenvalue weighted by atomic mass is 32.1. The number of nitrogens with one attached hydrogen (secondary N) is 1. The van der Waals surface area contributed by atoms with Crippen LogP contribution in [0.15, 0.2) is 30.3 Å². The van der Waals surface area contributed by atoms with Crippen LogP contribution in [0, 0.1) is 6.92 Å². The maximum absolute atomic E-state index is 4.70. The molecule has 22 heavy (non-hydrogen) atoms. The summed E-state index contributed by atoms with van der Waals surface area (Å²) >= 11 is 1.85. The first-order valence-electron chi connectivity index (χ1n) is 7.83. The van der Waals surface area contributed by atoms with Crippen molar-refractivity contribution in [3.05, 3.63) is 52.2 Å². The highest BCUT2D eigenvalue weighted by Gasteiger charge is 2.22. The largest absolute Gasteiger partial charge is 0.363 e. The van der Waals surface area contributed by atoms with Gasteiger partial charge in [-0.2, -0.15) is 0 Å². The third kappa shape index (κ3) is 2.28. The molecule has 0 unspecified atom stereocenters. The smallest absolute Gasteiger partial charge is 0.139 e. The summed E-state index contributed by atoms with van der Waals surface area (Å²) in [4.78, 5) is 12.0. The zero-order valence-corrected chi connectivity index (χ0v) is 13.7. The predicted molar refractivity (Wildman–Crippen MR) is 92.7 cm³/mol. The lowest BCUT2D eigenvalue weighted by atomic mass is 10.1. The van der Waals surface area contributed by atoms with Crippen molar-refractivity contribution < 1.29 is 0 Å². The van der Waals surface area contributed by atoms with Crippen LogP contribution in [-0.4, -0.2) is 9.97 Å². The SMILES string of the molecule is Cc1nc(N[C@@H](C)c2ccccc2)c2c3c(sc2n1)CCC3. The van der Waals surface area contributed by atoms with Crippen LogP contribution in [0.5, 0.6) is 0 Å². The lowest BCUT2D eigenvalue weighted by Gasteiger charge is -2.16. The van der Waals surface area contributed by atoms with Crippen molar-refractivity contribution in [1.29, 1.82) is 0 Å². The molecule has 4 rings (SSSR count). The van der Waals surface area contributed by atoms with E-state index < -0.39 is 0 Å². The van der Waals surface area contributed by atoms with Gasteiger partial charge in [-0.1, -0.05) is 30.3 Å². The number of aromatic nitrogens is 2. The van der Waals surface area contributed by atoms with Crippen LogP contribution in [0.25, 0.3) is 10.2 Å². The summed E-state index contributed by atoms with van der Waals surface area (Å²) in [5.74, 6) is 1.84. The third-order valence-corrected chi connectivity index (χ3v) is 5.51. The Morgan fingerprint density at radius 2 is 1.95 bits per heavy atom. The van der Waals surface area contributed by atoms with E-state index in [0.717, 1.165) is 22.9 Å². The van der Waals surface area contributed by atoms with Gasteiger partial charge in [0.1, 0.15) is 16.5 Å². The zero-order chi connectivity index (χ0) is 15.1. The van der Waals surface area contributed by atoms with Gasteiger partial charge in [0.2, 0.25) is 0 Å². The van der Waals surface area contributed by atoms with E-state index in [0.29, 0.717) is 0 Å². The molecule has 0 radical (unpaired) electrons.